The van der Waals surface area contributed by atoms with E-state index in [-0.39, 0.29) is 11.6 Å². The number of halogens is 4. The monoisotopic (exact) mass is 391 g/mol. The predicted molar refractivity (Wildman–Crippen MR) is 87.3 cm³/mol. The summed E-state index contributed by atoms with van der Waals surface area (Å²) in [6.07, 6.45) is -0.895. The molecule has 0 aliphatic heterocycles. The van der Waals surface area contributed by atoms with Gasteiger partial charge in [-0.2, -0.15) is 0 Å². The molecule has 112 valence electrons. The molecule has 2 unspecified atom stereocenters. The van der Waals surface area contributed by atoms with Crippen molar-refractivity contribution >= 4 is 39.1 Å². The largest absolute Gasteiger partial charge is 0.388 e. The van der Waals surface area contributed by atoms with Crippen molar-refractivity contribution in [1.29, 1.82) is 0 Å². The molecule has 3 N–H and O–H groups in total. The second-order valence-electron chi connectivity index (χ2n) is 4.66. The van der Waals surface area contributed by atoms with Crippen LogP contribution in [0.15, 0.2) is 40.9 Å². The molecule has 0 amide bonds. The van der Waals surface area contributed by atoms with E-state index >= 15 is 0 Å². The lowest BCUT2D eigenvalue weighted by Gasteiger charge is -2.23. The lowest BCUT2D eigenvalue weighted by atomic mass is 9.89. The van der Waals surface area contributed by atoms with Gasteiger partial charge in [0.1, 0.15) is 5.82 Å². The summed E-state index contributed by atoms with van der Waals surface area (Å²) in [4.78, 5) is 0. The molecular formula is C15H13BrCl2FNO. The number of benzene rings is 2. The van der Waals surface area contributed by atoms with Crippen LogP contribution in [0.25, 0.3) is 0 Å². The molecule has 2 rings (SSSR count). The van der Waals surface area contributed by atoms with Gasteiger partial charge in [-0.1, -0.05) is 45.2 Å². The summed E-state index contributed by atoms with van der Waals surface area (Å²) < 4.78 is 13.9. The minimum Gasteiger partial charge on any atom is -0.388 e. The van der Waals surface area contributed by atoms with E-state index in [0.29, 0.717) is 16.1 Å². The Morgan fingerprint density at radius 3 is 2.48 bits per heavy atom. The highest BCUT2D eigenvalue weighted by Crippen LogP contribution is 2.36. The minimum absolute atomic E-state index is 0.163. The first-order valence-corrected chi connectivity index (χ1v) is 7.76. The third-order valence-corrected chi connectivity index (χ3v) is 4.23. The molecule has 6 heteroatoms. The molecule has 0 bridgehead atoms. The van der Waals surface area contributed by atoms with Gasteiger partial charge in [0.05, 0.1) is 6.10 Å². The van der Waals surface area contributed by atoms with E-state index in [1.165, 1.54) is 18.2 Å². The lowest BCUT2D eigenvalue weighted by Crippen LogP contribution is -2.20. The Kier molecular flexibility index (Phi) is 5.63. The molecule has 0 heterocycles. The maximum atomic E-state index is 13.1. The van der Waals surface area contributed by atoms with E-state index < -0.39 is 17.8 Å². The molecule has 0 aliphatic carbocycles. The van der Waals surface area contributed by atoms with E-state index in [0.717, 1.165) is 4.47 Å². The molecule has 2 atom stereocenters. The van der Waals surface area contributed by atoms with Crippen molar-refractivity contribution in [3.05, 3.63) is 67.9 Å². The van der Waals surface area contributed by atoms with Crippen molar-refractivity contribution in [3.8, 4) is 0 Å². The number of aliphatic hydroxyl groups excluding tert-OH is 1. The van der Waals surface area contributed by atoms with E-state index in [4.69, 9.17) is 28.9 Å². The average molecular weight is 393 g/mol. The summed E-state index contributed by atoms with van der Waals surface area (Å²) in [6.45, 7) is 0.163. The van der Waals surface area contributed by atoms with E-state index in [2.05, 4.69) is 15.9 Å². The second-order valence-corrected chi connectivity index (χ2v) is 6.41. The van der Waals surface area contributed by atoms with Crippen LogP contribution in [-0.4, -0.2) is 11.7 Å². The Balaban J connectivity index is 2.40. The van der Waals surface area contributed by atoms with Crippen molar-refractivity contribution in [2.75, 3.05) is 6.54 Å². The van der Waals surface area contributed by atoms with Gasteiger partial charge in [-0.15, -0.1) is 0 Å². The second kappa shape index (κ2) is 7.07. The Morgan fingerprint density at radius 1 is 1.19 bits per heavy atom. The molecule has 0 saturated carbocycles. The quantitative estimate of drug-likeness (QED) is 0.793. The highest BCUT2D eigenvalue weighted by Gasteiger charge is 2.24. The van der Waals surface area contributed by atoms with E-state index in [1.807, 2.05) is 0 Å². The third-order valence-electron chi connectivity index (χ3n) is 3.22. The molecule has 0 aromatic heterocycles. The first kappa shape index (κ1) is 16.7. The average Bonchev–Trinajstić information content (AvgIpc) is 2.40. The zero-order valence-electron chi connectivity index (χ0n) is 10.9. The molecule has 2 aromatic carbocycles. The van der Waals surface area contributed by atoms with Gasteiger partial charge in [-0.3, -0.25) is 0 Å². The Bertz CT molecular complexity index is 633. The van der Waals surface area contributed by atoms with Crippen LogP contribution in [-0.2, 0) is 0 Å². The van der Waals surface area contributed by atoms with Crippen LogP contribution >= 0.6 is 39.1 Å². The van der Waals surface area contributed by atoms with Crippen molar-refractivity contribution in [2.24, 2.45) is 5.73 Å². The van der Waals surface area contributed by atoms with Crippen LogP contribution in [0.5, 0.6) is 0 Å². The van der Waals surface area contributed by atoms with Crippen LogP contribution in [0.2, 0.25) is 10.0 Å². The van der Waals surface area contributed by atoms with Gasteiger partial charge >= 0.3 is 0 Å². The van der Waals surface area contributed by atoms with Gasteiger partial charge < -0.3 is 10.8 Å². The molecule has 0 saturated heterocycles. The summed E-state index contributed by atoms with van der Waals surface area (Å²) in [7, 11) is 0. The Labute approximate surface area is 140 Å². The van der Waals surface area contributed by atoms with Gasteiger partial charge in [-0.25, -0.2) is 4.39 Å². The molecule has 2 nitrogen and oxygen atoms in total. The Hall–Kier alpha value is -0.650. The van der Waals surface area contributed by atoms with E-state index in [9.17, 15) is 9.50 Å². The fourth-order valence-electron chi connectivity index (χ4n) is 2.21. The van der Waals surface area contributed by atoms with Gasteiger partial charge in [-0.05, 0) is 41.5 Å². The summed E-state index contributed by atoms with van der Waals surface area (Å²) in [6, 6.07) is 9.19. The number of aliphatic hydroxyl groups is 1. The van der Waals surface area contributed by atoms with Crippen molar-refractivity contribution in [2.45, 2.75) is 12.0 Å². The Morgan fingerprint density at radius 2 is 1.90 bits per heavy atom. The molecule has 0 fully saturated rings. The van der Waals surface area contributed by atoms with Crippen LogP contribution in [0.4, 0.5) is 4.39 Å². The summed E-state index contributed by atoms with van der Waals surface area (Å²) in [5.41, 5.74) is 6.99. The molecule has 0 spiro atoms. The number of rotatable bonds is 4. The SMILES string of the molecule is NCC(c1ccc(F)cc1Cl)C(O)c1cc(Cl)cc(Br)c1. The van der Waals surface area contributed by atoms with Gasteiger partial charge in [0.25, 0.3) is 0 Å². The predicted octanol–water partition coefficient (Wildman–Crippen LogP) is 4.67. The third kappa shape index (κ3) is 3.96. The first-order valence-electron chi connectivity index (χ1n) is 6.21. The number of hydrogen-bond donors (Lipinski definition) is 2. The zero-order valence-corrected chi connectivity index (χ0v) is 14.0. The van der Waals surface area contributed by atoms with Gasteiger partial charge in [0.15, 0.2) is 0 Å². The normalized spacial score (nSPS) is 14.0. The minimum atomic E-state index is -0.895. The van der Waals surface area contributed by atoms with Crippen molar-refractivity contribution < 1.29 is 9.50 Å². The number of hydrogen-bond acceptors (Lipinski definition) is 2. The fraction of sp³-hybridized carbons (Fsp3) is 0.200. The summed E-state index contributed by atoms with van der Waals surface area (Å²) >= 11 is 15.4. The topological polar surface area (TPSA) is 46.2 Å². The molecule has 0 radical (unpaired) electrons. The van der Waals surface area contributed by atoms with Crippen LogP contribution in [0, 0.1) is 5.82 Å². The van der Waals surface area contributed by atoms with Gasteiger partial charge in [0.2, 0.25) is 0 Å². The highest BCUT2D eigenvalue weighted by molar-refractivity contribution is 9.10. The number of nitrogens with two attached hydrogens (primary N) is 1. The maximum Gasteiger partial charge on any atom is 0.124 e. The summed E-state index contributed by atoms with van der Waals surface area (Å²) in [5, 5.41) is 11.3. The summed E-state index contributed by atoms with van der Waals surface area (Å²) in [5.74, 6) is -0.886. The first-order chi connectivity index (χ1) is 9.92. The standard InChI is InChI=1S/C15H13BrCl2FNO/c16-9-3-8(4-10(17)5-9)15(21)13(7-20)12-2-1-11(19)6-14(12)18/h1-6,13,15,21H,7,20H2. The molecule has 0 aliphatic rings. The molecular weight excluding hydrogens is 380 g/mol. The van der Waals surface area contributed by atoms with Gasteiger partial charge in [0, 0.05) is 27.0 Å². The molecule has 2 aromatic rings. The lowest BCUT2D eigenvalue weighted by molar-refractivity contribution is 0.147. The smallest absolute Gasteiger partial charge is 0.124 e. The van der Waals surface area contributed by atoms with Crippen molar-refractivity contribution in [3.63, 3.8) is 0 Å². The van der Waals surface area contributed by atoms with Crippen LogP contribution in [0.1, 0.15) is 23.1 Å². The zero-order chi connectivity index (χ0) is 15.6. The van der Waals surface area contributed by atoms with Crippen LogP contribution < -0.4 is 5.73 Å². The maximum absolute atomic E-state index is 13.1. The fourth-order valence-corrected chi connectivity index (χ4v) is 3.40. The van der Waals surface area contributed by atoms with E-state index in [1.54, 1.807) is 18.2 Å². The van der Waals surface area contributed by atoms with Crippen LogP contribution in [0.3, 0.4) is 0 Å². The van der Waals surface area contributed by atoms with Crippen molar-refractivity contribution in [1.82, 2.24) is 0 Å². The highest BCUT2D eigenvalue weighted by atomic mass is 79.9. The molecule has 21 heavy (non-hydrogen) atoms.